The Labute approximate surface area is 106 Å². The maximum Gasteiger partial charge on any atom is -1.00 e. The molecule has 0 aromatic heterocycles. The fraction of sp³-hybridized carbons (Fsp3) is 0.250. The van der Waals surface area contributed by atoms with Crippen LogP contribution in [0.25, 0.3) is 0 Å². The number of hydrogen-bond acceptors (Lipinski definition) is 0. The van der Waals surface area contributed by atoms with E-state index in [1.807, 2.05) is 0 Å². The Balaban J connectivity index is 0.000000720. The Morgan fingerprint density at radius 3 is 1.69 bits per heavy atom. The van der Waals surface area contributed by atoms with Gasteiger partial charge in [-0.1, -0.05) is 0 Å². The van der Waals surface area contributed by atoms with Gasteiger partial charge in [0.15, 0.2) is 0 Å². The molecule has 5 heteroatoms. The second kappa shape index (κ2) is 7.56. The summed E-state index contributed by atoms with van der Waals surface area (Å²) < 4.78 is 3.53. The molecule has 0 saturated carbocycles. The minimum Gasteiger partial charge on any atom is -1.00 e. The van der Waals surface area contributed by atoms with Gasteiger partial charge in [-0.2, -0.15) is 0 Å². The molecule has 0 radical (unpaired) electrons. The number of hydrogen-bond donors (Lipinski definition) is 0. The quantitative estimate of drug-likeness (QED) is 0.459. The molecule has 0 fully saturated rings. The third-order valence-electron chi connectivity index (χ3n) is 1.54. The molecule has 0 aliphatic carbocycles. The van der Waals surface area contributed by atoms with Crippen LogP contribution in [0.15, 0.2) is 24.3 Å². The molecular formula is C8H8Cl2P2Zr. The summed E-state index contributed by atoms with van der Waals surface area (Å²) >= 11 is -0.274. The standard InChI is InChI=1S/2C4H4P.2ClH.Zr/c2*1-2-4-5-3-1;;;/h2*1-2H,3H2;2*1H;/q;;;;+2/p-2. The van der Waals surface area contributed by atoms with E-state index in [1.54, 1.807) is 22.4 Å². The van der Waals surface area contributed by atoms with Gasteiger partial charge in [0.2, 0.25) is 0 Å². The van der Waals surface area contributed by atoms with E-state index in [0.717, 1.165) is 0 Å². The molecule has 0 aromatic rings. The van der Waals surface area contributed by atoms with Gasteiger partial charge in [0.25, 0.3) is 0 Å². The van der Waals surface area contributed by atoms with Gasteiger partial charge in [-0.05, 0) is 0 Å². The zero-order chi connectivity index (χ0) is 7.52. The van der Waals surface area contributed by atoms with Gasteiger partial charge in [-0.3, -0.25) is 0 Å². The third kappa shape index (κ3) is 4.55. The smallest absolute Gasteiger partial charge is 1.00 e. The molecular weight excluding hydrogens is 320 g/mol. The minimum absolute atomic E-state index is 0. The van der Waals surface area contributed by atoms with E-state index in [9.17, 15) is 0 Å². The van der Waals surface area contributed by atoms with Gasteiger partial charge in [0.05, 0.1) is 0 Å². The molecule has 0 saturated heterocycles. The summed E-state index contributed by atoms with van der Waals surface area (Å²) in [5, 5.41) is 0. The van der Waals surface area contributed by atoms with Crippen molar-refractivity contribution in [1.82, 2.24) is 0 Å². The molecule has 0 aromatic carbocycles. The monoisotopic (exact) mass is 326 g/mol. The van der Waals surface area contributed by atoms with Crippen LogP contribution < -0.4 is 24.8 Å². The first kappa shape index (κ1) is 14.3. The van der Waals surface area contributed by atoms with Crippen LogP contribution in [0, 0.1) is 0 Å². The van der Waals surface area contributed by atoms with E-state index in [4.69, 9.17) is 0 Å². The van der Waals surface area contributed by atoms with Crippen molar-refractivity contribution in [2.45, 2.75) is 0 Å². The van der Waals surface area contributed by atoms with Crippen LogP contribution in [0.3, 0.4) is 0 Å². The maximum atomic E-state index is 2.36. The molecule has 0 atom stereocenters. The van der Waals surface area contributed by atoms with Crippen molar-refractivity contribution < 1.29 is 48.0 Å². The third-order valence-corrected chi connectivity index (χ3v) is 9.04. The predicted molar refractivity (Wildman–Crippen MR) is 51.9 cm³/mol. The van der Waals surface area contributed by atoms with E-state index in [0.29, 0.717) is 0 Å². The Bertz CT molecular complexity index is 254. The average molecular weight is 328 g/mol. The summed E-state index contributed by atoms with van der Waals surface area (Å²) in [6.45, 7) is 0. The Kier molecular flexibility index (Phi) is 8.30. The normalized spacial score (nSPS) is 19.4. The van der Waals surface area contributed by atoms with Crippen LogP contribution in [0.2, 0.25) is 0 Å². The van der Waals surface area contributed by atoms with Gasteiger partial charge >= 0.3 is 82.3 Å². The van der Waals surface area contributed by atoms with Crippen molar-refractivity contribution >= 4 is 22.4 Å². The van der Waals surface area contributed by atoms with Crippen molar-refractivity contribution in [3.63, 3.8) is 0 Å². The van der Waals surface area contributed by atoms with Crippen LogP contribution in [-0.2, 0) is 23.2 Å². The van der Waals surface area contributed by atoms with E-state index >= 15 is 0 Å². The molecule has 2 aliphatic heterocycles. The van der Waals surface area contributed by atoms with Crippen molar-refractivity contribution in [2.24, 2.45) is 0 Å². The number of allylic oxidation sites excluding steroid dienone is 4. The second-order valence-corrected chi connectivity index (χ2v) is 10.0. The largest absolute Gasteiger partial charge is 1.00 e. The number of rotatable bonds is 2. The Morgan fingerprint density at radius 1 is 0.923 bits per heavy atom. The van der Waals surface area contributed by atoms with E-state index in [2.05, 4.69) is 24.3 Å². The zero-order valence-corrected chi connectivity index (χ0v) is 12.6. The fourth-order valence-electron chi connectivity index (χ4n) is 1.03. The van der Waals surface area contributed by atoms with Crippen LogP contribution in [0.5, 0.6) is 0 Å². The summed E-state index contributed by atoms with van der Waals surface area (Å²) in [4.78, 5) is 0. The van der Waals surface area contributed by atoms with Gasteiger partial charge in [0, 0.05) is 0 Å². The molecule has 0 unspecified atom stereocenters. The molecule has 2 rings (SSSR count). The van der Waals surface area contributed by atoms with Crippen LogP contribution in [0.1, 0.15) is 0 Å². The second-order valence-electron chi connectivity index (χ2n) is 2.38. The van der Waals surface area contributed by atoms with Crippen molar-refractivity contribution in [3.8, 4) is 0 Å². The molecule has 0 N–H and O–H groups in total. The Hall–Kier alpha value is 1.28. The van der Waals surface area contributed by atoms with Gasteiger partial charge in [-0.25, -0.2) is 0 Å². The molecule has 0 spiro atoms. The van der Waals surface area contributed by atoms with Crippen LogP contribution in [0.4, 0.5) is 0 Å². The molecule has 68 valence electrons. The van der Waals surface area contributed by atoms with Gasteiger partial charge in [0.1, 0.15) is 0 Å². The molecule has 0 amide bonds. The SMILES string of the molecule is C1=C[C]([Zr+2][C]2=PCC=C2)=PC1.[Cl-].[Cl-]. The Morgan fingerprint density at radius 2 is 1.38 bits per heavy atom. The maximum absolute atomic E-state index is 2.36. The summed E-state index contributed by atoms with van der Waals surface area (Å²) in [6, 6.07) is 0. The fourth-order valence-corrected chi connectivity index (χ4v) is 8.52. The van der Waals surface area contributed by atoms with Crippen LogP contribution >= 0.6 is 16.4 Å². The van der Waals surface area contributed by atoms with Crippen LogP contribution in [-0.4, -0.2) is 18.3 Å². The van der Waals surface area contributed by atoms with Gasteiger partial charge in [-0.15, -0.1) is 0 Å². The topological polar surface area (TPSA) is 0 Å². The average Bonchev–Trinajstić information content (AvgIpc) is 2.60. The van der Waals surface area contributed by atoms with Crippen molar-refractivity contribution in [3.05, 3.63) is 24.3 Å². The molecule has 0 bridgehead atoms. The molecule has 13 heavy (non-hydrogen) atoms. The zero-order valence-electron chi connectivity index (χ0n) is 6.87. The van der Waals surface area contributed by atoms with Gasteiger partial charge < -0.3 is 24.8 Å². The van der Waals surface area contributed by atoms with E-state index < -0.39 is 0 Å². The summed E-state index contributed by atoms with van der Waals surface area (Å²) in [5.74, 6) is 0. The number of halogens is 2. The van der Waals surface area contributed by atoms with E-state index in [1.165, 1.54) is 12.3 Å². The first-order valence-electron chi connectivity index (χ1n) is 3.64. The summed E-state index contributed by atoms with van der Waals surface area (Å²) in [5.41, 5.74) is 0. The summed E-state index contributed by atoms with van der Waals surface area (Å²) in [7, 11) is 3.20. The van der Waals surface area contributed by atoms with Crippen molar-refractivity contribution in [2.75, 3.05) is 12.3 Å². The minimum atomic E-state index is -0.274. The first-order valence-corrected chi connectivity index (χ1v) is 8.26. The van der Waals surface area contributed by atoms with Crippen molar-refractivity contribution in [1.29, 1.82) is 0 Å². The summed E-state index contributed by atoms with van der Waals surface area (Å²) in [6.07, 6.45) is 11.9. The molecule has 0 nitrogen and oxygen atoms in total. The molecule has 2 heterocycles. The predicted octanol–water partition coefficient (Wildman–Crippen LogP) is -3.63. The first-order chi connectivity index (χ1) is 5.45. The van der Waals surface area contributed by atoms with E-state index in [-0.39, 0.29) is 48.0 Å². The molecule has 2 aliphatic rings.